The summed E-state index contributed by atoms with van der Waals surface area (Å²) in [4.78, 5) is 48.0. The SMILES string of the molecule is O=C(O)CCCN1C(=O)C(=O)C(=C(O)c2ccccc2)[C@H]1c1cccc([N+](=O)[O-])c1. The maximum Gasteiger partial charge on any atom is 0.303 e. The Morgan fingerprint density at radius 2 is 1.77 bits per heavy atom. The molecule has 0 unspecified atom stereocenters. The molecule has 9 heteroatoms. The van der Waals surface area contributed by atoms with E-state index in [0.717, 1.165) is 4.90 Å². The zero-order chi connectivity index (χ0) is 21.8. The first-order valence-electron chi connectivity index (χ1n) is 9.11. The van der Waals surface area contributed by atoms with Gasteiger partial charge in [-0.2, -0.15) is 0 Å². The first-order valence-corrected chi connectivity index (χ1v) is 9.11. The lowest BCUT2D eigenvalue weighted by Gasteiger charge is -2.25. The highest BCUT2D eigenvalue weighted by atomic mass is 16.6. The number of aliphatic hydroxyl groups is 1. The van der Waals surface area contributed by atoms with Crippen molar-refractivity contribution in [3.63, 3.8) is 0 Å². The van der Waals surface area contributed by atoms with Gasteiger partial charge in [-0.15, -0.1) is 0 Å². The molecule has 0 bridgehead atoms. The number of likely N-dealkylation sites (tertiary alicyclic amines) is 1. The average Bonchev–Trinajstić information content (AvgIpc) is 2.98. The Morgan fingerprint density at radius 3 is 2.40 bits per heavy atom. The Kier molecular flexibility index (Phi) is 5.91. The van der Waals surface area contributed by atoms with Gasteiger partial charge < -0.3 is 15.1 Å². The maximum atomic E-state index is 12.8. The van der Waals surface area contributed by atoms with Gasteiger partial charge in [-0.3, -0.25) is 24.5 Å². The molecule has 0 radical (unpaired) electrons. The average molecular weight is 410 g/mol. The van der Waals surface area contributed by atoms with Gasteiger partial charge in [0, 0.05) is 30.7 Å². The lowest BCUT2D eigenvalue weighted by molar-refractivity contribution is -0.384. The minimum absolute atomic E-state index is 0.0597. The number of ketones is 1. The topological polar surface area (TPSA) is 138 Å². The summed E-state index contributed by atoms with van der Waals surface area (Å²) < 4.78 is 0. The monoisotopic (exact) mass is 410 g/mol. The first kappa shape index (κ1) is 20.7. The Bertz CT molecular complexity index is 1050. The molecule has 1 atom stereocenters. The molecule has 154 valence electrons. The summed E-state index contributed by atoms with van der Waals surface area (Å²) in [6.45, 7) is -0.0597. The van der Waals surface area contributed by atoms with E-state index in [1.54, 1.807) is 30.3 Å². The summed E-state index contributed by atoms with van der Waals surface area (Å²) >= 11 is 0. The second-order valence-electron chi connectivity index (χ2n) is 6.71. The van der Waals surface area contributed by atoms with Crippen LogP contribution in [0, 0.1) is 10.1 Å². The van der Waals surface area contributed by atoms with Crippen molar-refractivity contribution in [1.29, 1.82) is 0 Å². The standard InChI is InChI=1S/C21H18N2O7/c24-16(25)10-5-11-22-18(14-8-4-9-15(12-14)23(29)30)17(20(27)21(22)28)19(26)13-6-2-1-3-7-13/h1-4,6-9,12,18,26H,5,10-11H2,(H,24,25)/t18-/m1/s1. The molecule has 3 rings (SSSR count). The molecule has 2 aromatic rings. The van der Waals surface area contributed by atoms with E-state index < -0.39 is 34.4 Å². The van der Waals surface area contributed by atoms with Gasteiger partial charge >= 0.3 is 5.97 Å². The zero-order valence-electron chi connectivity index (χ0n) is 15.7. The van der Waals surface area contributed by atoms with Gasteiger partial charge in [0.25, 0.3) is 17.4 Å². The van der Waals surface area contributed by atoms with E-state index in [0.29, 0.717) is 5.56 Å². The quantitative estimate of drug-likeness (QED) is 0.235. The van der Waals surface area contributed by atoms with Crippen molar-refractivity contribution in [2.45, 2.75) is 18.9 Å². The molecule has 2 N–H and O–H groups in total. The number of carboxylic acid groups (broad SMARTS) is 1. The molecule has 1 amide bonds. The van der Waals surface area contributed by atoms with Crippen LogP contribution in [0.3, 0.4) is 0 Å². The van der Waals surface area contributed by atoms with Crippen molar-refractivity contribution < 1.29 is 29.5 Å². The second kappa shape index (κ2) is 8.56. The molecule has 30 heavy (non-hydrogen) atoms. The summed E-state index contributed by atoms with van der Waals surface area (Å²) in [5, 5.41) is 30.9. The van der Waals surface area contributed by atoms with E-state index >= 15 is 0 Å². The number of hydrogen-bond donors (Lipinski definition) is 2. The van der Waals surface area contributed by atoms with E-state index in [4.69, 9.17) is 5.11 Å². The van der Waals surface area contributed by atoms with Crippen LogP contribution in [0.15, 0.2) is 60.2 Å². The van der Waals surface area contributed by atoms with Crippen LogP contribution in [0.4, 0.5) is 5.69 Å². The number of non-ortho nitro benzene ring substituents is 1. The molecule has 9 nitrogen and oxygen atoms in total. The van der Waals surface area contributed by atoms with Crippen LogP contribution < -0.4 is 0 Å². The lowest BCUT2D eigenvalue weighted by Crippen LogP contribution is -2.31. The number of aliphatic hydroxyl groups excluding tert-OH is 1. The Morgan fingerprint density at radius 1 is 1.07 bits per heavy atom. The predicted octanol–water partition coefficient (Wildman–Crippen LogP) is 2.88. The normalized spacial score (nSPS) is 17.9. The minimum atomic E-state index is -1.07. The van der Waals surface area contributed by atoms with Crippen molar-refractivity contribution in [3.8, 4) is 0 Å². The fourth-order valence-electron chi connectivity index (χ4n) is 3.42. The van der Waals surface area contributed by atoms with Gasteiger partial charge in [0.1, 0.15) is 5.76 Å². The summed E-state index contributed by atoms with van der Waals surface area (Å²) in [5.74, 6) is -3.27. The third kappa shape index (κ3) is 4.04. The smallest absolute Gasteiger partial charge is 0.303 e. The number of nitro groups is 1. The molecule has 1 fully saturated rings. The number of Topliss-reactive ketones (excluding diaryl/α,β-unsaturated/α-hetero) is 1. The summed E-state index contributed by atoms with van der Waals surface area (Å²) in [7, 11) is 0. The summed E-state index contributed by atoms with van der Waals surface area (Å²) in [6, 6.07) is 12.5. The fraction of sp³-hybridized carbons (Fsp3) is 0.190. The van der Waals surface area contributed by atoms with Crippen LogP contribution >= 0.6 is 0 Å². The summed E-state index contributed by atoms with van der Waals surface area (Å²) in [5.41, 5.74) is 0.165. The van der Waals surface area contributed by atoms with E-state index in [2.05, 4.69) is 0 Å². The number of aliphatic carboxylic acids is 1. The van der Waals surface area contributed by atoms with E-state index in [1.165, 1.54) is 24.3 Å². The second-order valence-corrected chi connectivity index (χ2v) is 6.71. The molecule has 1 saturated heterocycles. The van der Waals surface area contributed by atoms with Crippen molar-refractivity contribution in [2.24, 2.45) is 0 Å². The van der Waals surface area contributed by atoms with Crippen LogP contribution in [-0.4, -0.2) is 44.2 Å². The molecule has 1 heterocycles. The number of nitrogens with zero attached hydrogens (tertiary/aromatic N) is 2. The van der Waals surface area contributed by atoms with Crippen LogP contribution in [0.2, 0.25) is 0 Å². The molecule has 1 aliphatic heterocycles. The highest BCUT2D eigenvalue weighted by Crippen LogP contribution is 2.40. The molecule has 2 aromatic carbocycles. The molecule has 0 aliphatic carbocycles. The molecular weight excluding hydrogens is 392 g/mol. The Labute approximate surface area is 171 Å². The first-order chi connectivity index (χ1) is 14.3. The van der Waals surface area contributed by atoms with E-state index in [-0.39, 0.29) is 36.2 Å². The van der Waals surface area contributed by atoms with Crippen molar-refractivity contribution in [3.05, 3.63) is 81.4 Å². The van der Waals surface area contributed by atoms with Crippen molar-refractivity contribution >= 4 is 29.1 Å². The van der Waals surface area contributed by atoms with Gasteiger partial charge in [-0.05, 0) is 12.0 Å². The van der Waals surface area contributed by atoms with Gasteiger partial charge in [-0.25, -0.2) is 0 Å². The summed E-state index contributed by atoms with van der Waals surface area (Å²) in [6.07, 6.45) is -0.136. The van der Waals surface area contributed by atoms with Crippen LogP contribution in [-0.2, 0) is 14.4 Å². The third-order valence-corrected chi connectivity index (χ3v) is 4.77. The third-order valence-electron chi connectivity index (χ3n) is 4.77. The van der Waals surface area contributed by atoms with E-state index in [1.807, 2.05) is 0 Å². The molecule has 1 aliphatic rings. The largest absolute Gasteiger partial charge is 0.507 e. The Hall–Kier alpha value is -4.01. The fourth-order valence-corrected chi connectivity index (χ4v) is 3.42. The highest BCUT2D eigenvalue weighted by molar-refractivity contribution is 6.46. The zero-order valence-corrected chi connectivity index (χ0v) is 15.7. The molecule has 0 saturated carbocycles. The van der Waals surface area contributed by atoms with Gasteiger partial charge in [0.2, 0.25) is 0 Å². The van der Waals surface area contributed by atoms with E-state index in [9.17, 15) is 29.6 Å². The molecular formula is C21H18N2O7. The number of carbonyl (C=O) groups excluding carboxylic acids is 2. The number of amides is 1. The predicted molar refractivity (Wildman–Crippen MR) is 105 cm³/mol. The minimum Gasteiger partial charge on any atom is -0.507 e. The Balaban J connectivity index is 2.13. The number of nitro benzene ring substituents is 1. The van der Waals surface area contributed by atoms with Crippen LogP contribution in [0.1, 0.15) is 30.0 Å². The van der Waals surface area contributed by atoms with Crippen molar-refractivity contribution in [2.75, 3.05) is 6.54 Å². The number of carboxylic acids is 1. The van der Waals surface area contributed by atoms with Gasteiger partial charge in [0.05, 0.1) is 16.5 Å². The highest BCUT2D eigenvalue weighted by Gasteiger charge is 2.46. The maximum absolute atomic E-state index is 12.8. The van der Waals surface area contributed by atoms with Gasteiger partial charge in [-0.1, -0.05) is 42.5 Å². The van der Waals surface area contributed by atoms with Gasteiger partial charge in [0.15, 0.2) is 0 Å². The number of benzene rings is 2. The molecule has 0 aromatic heterocycles. The number of carbonyl (C=O) groups is 3. The van der Waals surface area contributed by atoms with Crippen molar-refractivity contribution in [1.82, 2.24) is 4.90 Å². The lowest BCUT2D eigenvalue weighted by atomic mass is 9.95. The van der Waals surface area contributed by atoms with Crippen LogP contribution in [0.25, 0.3) is 5.76 Å². The number of hydrogen-bond acceptors (Lipinski definition) is 6. The van der Waals surface area contributed by atoms with Crippen LogP contribution in [0.5, 0.6) is 0 Å². The molecule has 0 spiro atoms. The number of rotatable bonds is 7.